The highest BCUT2D eigenvalue weighted by Crippen LogP contribution is 2.19. The monoisotopic (exact) mass is 198 g/mol. The van der Waals surface area contributed by atoms with Crippen molar-refractivity contribution in [3.05, 3.63) is 0 Å². The molecule has 0 amide bonds. The normalized spacial score (nSPS) is 22.1. The fraction of sp³-hybridized carbons (Fsp3) is 0.917. The maximum Gasteiger partial charge on any atom is 0.306 e. The lowest BCUT2D eigenvalue weighted by molar-refractivity contribution is -0.154. The molecule has 1 heterocycles. The topological polar surface area (TPSA) is 26.3 Å². The lowest BCUT2D eigenvalue weighted by Crippen LogP contribution is -2.23. The standard InChI is InChI=1S/C12H22O2/c1-2-3-4-5-6-8-11-9-7-10-12(13)14-11/h11H,2-10H2,1H3. The summed E-state index contributed by atoms with van der Waals surface area (Å²) in [6.45, 7) is 2.23. The number of hydrogen-bond donors (Lipinski definition) is 0. The van der Waals surface area contributed by atoms with Crippen LogP contribution in [0.5, 0.6) is 0 Å². The number of unbranched alkanes of at least 4 members (excludes halogenated alkanes) is 4. The summed E-state index contributed by atoms with van der Waals surface area (Å²) < 4.78 is 5.25. The third-order valence-electron chi connectivity index (χ3n) is 2.83. The fourth-order valence-electron chi connectivity index (χ4n) is 1.96. The van der Waals surface area contributed by atoms with Gasteiger partial charge in [0, 0.05) is 6.42 Å². The highest BCUT2D eigenvalue weighted by Gasteiger charge is 2.19. The van der Waals surface area contributed by atoms with E-state index in [1.807, 2.05) is 0 Å². The second-order valence-electron chi connectivity index (χ2n) is 4.21. The van der Waals surface area contributed by atoms with E-state index < -0.39 is 0 Å². The number of esters is 1. The molecule has 1 atom stereocenters. The van der Waals surface area contributed by atoms with Crippen LogP contribution < -0.4 is 0 Å². The summed E-state index contributed by atoms with van der Waals surface area (Å²) in [5.41, 5.74) is 0. The Morgan fingerprint density at radius 1 is 1.29 bits per heavy atom. The molecular formula is C12H22O2. The molecule has 0 aromatic carbocycles. The quantitative estimate of drug-likeness (QED) is 0.482. The Bertz CT molecular complexity index is 166. The van der Waals surface area contributed by atoms with Crippen LogP contribution in [0.1, 0.15) is 64.7 Å². The molecule has 1 saturated heterocycles. The van der Waals surface area contributed by atoms with Gasteiger partial charge in [0.25, 0.3) is 0 Å². The number of hydrogen-bond acceptors (Lipinski definition) is 2. The minimum atomic E-state index is 0.00908. The molecule has 1 aliphatic heterocycles. The maximum absolute atomic E-state index is 11.0. The second kappa shape index (κ2) is 6.86. The van der Waals surface area contributed by atoms with E-state index in [4.69, 9.17) is 4.74 Å². The van der Waals surface area contributed by atoms with Crippen LogP contribution in [0.4, 0.5) is 0 Å². The molecule has 0 saturated carbocycles. The predicted octanol–water partition coefficient (Wildman–Crippen LogP) is 3.44. The number of cyclic esters (lactones) is 1. The van der Waals surface area contributed by atoms with Crippen LogP contribution in [-0.4, -0.2) is 12.1 Å². The van der Waals surface area contributed by atoms with Crippen LogP contribution in [0.15, 0.2) is 0 Å². The number of carbonyl (C=O) groups excluding carboxylic acids is 1. The van der Waals surface area contributed by atoms with E-state index in [0.717, 1.165) is 19.3 Å². The lowest BCUT2D eigenvalue weighted by Gasteiger charge is -2.21. The molecule has 0 aromatic heterocycles. The van der Waals surface area contributed by atoms with Gasteiger partial charge in [0.2, 0.25) is 0 Å². The summed E-state index contributed by atoms with van der Waals surface area (Å²) >= 11 is 0. The third kappa shape index (κ3) is 4.64. The molecule has 1 fully saturated rings. The van der Waals surface area contributed by atoms with Gasteiger partial charge >= 0.3 is 5.97 Å². The molecule has 0 radical (unpaired) electrons. The molecule has 14 heavy (non-hydrogen) atoms. The largest absolute Gasteiger partial charge is 0.462 e. The van der Waals surface area contributed by atoms with Gasteiger partial charge in [0.1, 0.15) is 6.10 Å². The van der Waals surface area contributed by atoms with Gasteiger partial charge in [-0.05, 0) is 25.7 Å². The van der Waals surface area contributed by atoms with Crippen LogP contribution in [0.3, 0.4) is 0 Å². The molecule has 1 unspecified atom stereocenters. The van der Waals surface area contributed by atoms with E-state index >= 15 is 0 Å². The first-order chi connectivity index (χ1) is 6.83. The Hall–Kier alpha value is -0.530. The van der Waals surface area contributed by atoms with E-state index in [0.29, 0.717) is 6.42 Å². The van der Waals surface area contributed by atoms with Gasteiger partial charge in [0.15, 0.2) is 0 Å². The van der Waals surface area contributed by atoms with Crippen LogP contribution in [0.2, 0.25) is 0 Å². The summed E-state index contributed by atoms with van der Waals surface area (Å²) in [5, 5.41) is 0. The van der Waals surface area contributed by atoms with Crippen molar-refractivity contribution < 1.29 is 9.53 Å². The summed E-state index contributed by atoms with van der Waals surface area (Å²) in [6.07, 6.45) is 10.5. The van der Waals surface area contributed by atoms with E-state index in [-0.39, 0.29) is 12.1 Å². The second-order valence-corrected chi connectivity index (χ2v) is 4.21. The minimum Gasteiger partial charge on any atom is -0.462 e. The first-order valence-corrected chi connectivity index (χ1v) is 6.02. The molecule has 1 rings (SSSR count). The Labute approximate surface area is 87.0 Å². The molecule has 2 heteroatoms. The van der Waals surface area contributed by atoms with E-state index in [1.54, 1.807) is 0 Å². The molecule has 82 valence electrons. The van der Waals surface area contributed by atoms with Crippen molar-refractivity contribution in [2.45, 2.75) is 70.8 Å². The van der Waals surface area contributed by atoms with Crippen molar-refractivity contribution in [1.29, 1.82) is 0 Å². The predicted molar refractivity (Wildman–Crippen MR) is 57.1 cm³/mol. The molecule has 0 spiro atoms. The van der Waals surface area contributed by atoms with E-state index in [2.05, 4.69) is 6.92 Å². The zero-order valence-corrected chi connectivity index (χ0v) is 9.26. The molecule has 0 aliphatic carbocycles. The summed E-state index contributed by atoms with van der Waals surface area (Å²) in [7, 11) is 0. The van der Waals surface area contributed by atoms with E-state index in [9.17, 15) is 4.79 Å². The SMILES string of the molecule is CCCCCCCC1CCCC(=O)O1. The van der Waals surface area contributed by atoms with E-state index in [1.165, 1.54) is 32.1 Å². The highest BCUT2D eigenvalue weighted by atomic mass is 16.5. The highest BCUT2D eigenvalue weighted by molar-refractivity contribution is 5.70. The molecule has 0 N–H and O–H groups in total. The number of carbonyl (C=O) groups is 1. The minimum absolute atomic E-state index is 0.00908. The van der Waals surface area contributed by atoms with Gasteiger partial charge in [-0.3, -0.25) is 4.79 Å². The van der Waals surface area contributed by atoms with Crippen LogP contribution >= 0.6 is 0 Å². The average Bonchev–Trinajstić information content (AvgIpc) is 2.18. The van der Waals surface area contributed by atoms with Crippen LogP contribution in [0, 0.1) is 0 Å². The van der Waals surface area contributed by atoms with Gasteiger partial charge < -0.3 is 4.74 Å². The molecule has 2 nitrogen and oxygen atoms in total. The first kappa shape index (κ1) is 11.5. The van der Waals surface area contributed by atoms with Crippen molar-refractivity contribution in [1.82, 2.24) is 0 Å². The number of ether oxygens (including phenoxy) is 1. The summed E-state index contributed by atoms with van der Waals surface area (Å²) in [6, 6.07) is 0. The van der Waals surface area contributed by atoms with Crippen molar-refractivity contribution >= 4 is 5.97 Å². The zero-order valence-electron chi connectivity index (χ0n) is 9.26. The van der Waals surface area contributed by atoms with Crippen molar-refractivity contribution in [3.8, 4) is 0 Å². The van der Waals surface area contributed by atoms with Crippen molar-refractivity contribution in [3.63, 3.8) is 0 Å². The average molecular weight is 198 g/mol. The van der Waals surface area contributed by atoms with Gasteiger partial charge in [-0.1, -0.05) is 32.6 Å². The summed E-state index contributed by atoms with van der Waals surface area (Å²) in [4.78, 5) is 11.0. The van der Waals surface area contributed by atoms with Crippen LogP contribution in [0.25, 0.3) is 0 Å². The Kier molecular flexibility index (Phi) is 5.65. The molecular weight excluding hydrogens is 176 g/mol. The van der Waals surface area contributed by atoms with Crippen LogP contribution in [-0.2, 0) is 9.53 Å². The molecule has 1 aliphatic rings. The number of rotatable bonds is 6. The van der Waals surface area contributed by atoms with Crippen molar-refractivity contribution in [2.24, 2.45) is 0 Å². The third-order valence-corrected chi connectivity index (χ3v) is 2.83. The van der Waals surface area contributed by atoms with Gasteiger partial charge in [-0.25, -0.2) is 0 Å². The van der Waals surface area contributed by atoms with Gasteiger partial charge in [-0.15, -0.1) is 0 Å². The molecule has 0 bridgehead atoms. The zero-order chi connectivity index (χ0) is 10.2. The Morgan fingerprint density at radius 2 is 2.07 bits per heavy atom. The Balaban J connectivity index is 1.97. The molecule has 0 aromatic rings. The maximum atomic E-state index is 11.0. The van der Waals surface area contributed by atoms with Gasteiger partial charge in [-0.2, -0.15) is 0 Å². The Morgan fingerprint density at radius 3 is 2.79 bits per heavy atom. The van der Waals surface area contributed by atoms with Gasteiger partial charge in [0.05, 0.1) is 0 Å². The lowest BCUT2D eigenvalue weighted by atomic mass is 10.0. The smallest absolute Gasteiger partial charge is 0.306 e. The van der Waals surface area contributed by atoms with Crippen molar-refractivity contribution in [2.75, 3.05) is 0 Å². The fourth-order valence-corrected chi connectivity index (χ4v) is 1.96. The summed E-state index contributed by atoms with van der Waals surface area (Å²) in [5.74, 6) is 0.00908. The first-order valence-electron chi connectivity index (χ1n) is 6.02.